The number of ether oxygens (including phenoxy) is 1. The molecule has 5 nitrogen and oxygen atoms in total. The van der Waals surface area contributed by atoms with Gasteiger partial charge in [0.05, 0.1) is 0 Å². The molecule has 2 aromatic carbocycles. The summed E-state index contributed by atoms with van der Waals surface area (Å²) in [7, 11) is 0. The lowest BCUT2D eigenvalue weighted by Gasteiger charge is -2.32. The third-order valence-electron chi connectivity index (χ3n) is 7.38. The van der Waals surface area contributed by atoms with E-state index in [4.69, 9.17) is 4.74 Å². The van der Waals surface area contributed by atoms with Crippen LogP contribution in [0.15, 0.2) is 60.8 Å². The van der Waals surface area contributed by atoms with Gasteiger partial charge in [-0.3, -0.25) is 9.59 Å². The predicted molar refractivity (Wildman–Crippen MR) is 128 cm³/mol. The molecule has 1 unspecified atom stereocenters. The molecule has 1 N–H and O–H groups in total. The lowest BCUT2D eigenvalue weighted by Crippen LogP contribution is -2.49. The number of benzene rings is 2. The maximum Gasteiger partial charge on any atom is 0.255 e. The number of amides is 2. The van der Waals surface area contributed by atoms with Crippen LogP contribution in [0.1, 0.15) is 66.4 Å². The van der Waals surface area contributed by atoms with E-state index < -0.39 is 6.04 Å². The van der Waals surface area contributed by atoms with E-state index in [2.05, 4.69) is 42.2 Å². The van der Waals surface area contributed by atoms with Crippen molar-refractivity contribution in [3.63, 3.8) is 0 Å². The van der Waals surface area contributed by atoms with Crippen LogP contribution in [-0.2, 0) is 17.8 Å². The fraction of sp³-hybridized carbons (Fsp3) is 0.429. The van der Waals surface area contributed by atoms with Crippen LogP contribution in [0, 0.1) is 5.92 Å². The summed E-state index contributed by atoms with van der Waals surface area (Å²) in [4.78, 5) is 27.1. The Kier molecular flexibility index (Phi) is 6.21. The van der Waals surface area contributed by atoms with Crippen LogP contribution < -0.4 is 10.1 Å². The van der Waals surface area contributed by atoms with Crippen molar-refractivity contribution in [1.82, 2.24) is 10.2 Å². The number of allylic oxidation sites excluding steroid dienone is 1. The Labute approximate surface area is 195 Å². The van der Waals surface area contributed by atoms with Crippen LogP contribution in [-0.4, -0.2) is 28.9 Å². The first-order chi connectivity index (χ1) is 16.1. The highest BCUT2D eigenvalue weighted by atomic mass is 16.5. The third-order valence-corrected chi connectivity index (χ3v) is 7.38. The molecule has 1 saturated carbocycles. The van der Waals surface area contributed by atoms with Crippen LogP contribution in [0.4, 0.5) is 0 Å². The molecule has 0 radical (unpaired) electrons. The van der Waals surface area contributed by atoms with Gasteiger partial charge in [-0.1, -0.05) is 43.3 Å². The number of hydrogen-bond acceptors (Lipinski definition) is 3. The zero-order chi connectivity index (χ0) is 22.8. The largest absolute Gasteiger partial charge is 0.490 e. The van der Waals surface area contributed by atoms with Gasteiger partial charge in [0.2, 0.25) is 5.91 Å². The minimum absolute atomic E-state index is 0.0670. The van der Waals surface area contributed by atoms with Crippen LogP contribution in [0.3, 0.4) is 0 Å². The van der Waals surface area contributed by atoms with Crippen molar-refractivity contribution in [2.75, 3.05) is 0 Å². The molecule has 5 heteroatoms. The van der Waals surface area contributed by atoms with Gasteiger partial charge >= 0.3 is 0 Å². The number of hydrogen-bond donors (Lipinski definition) is 1. The molecule has 2 aliphatic heterocycles. The van der Waals surface area contributed by atoms with E-state index in [-0.39, 0.29) is 17.9 Å². The molecule has 172 valence electrons. The van der Waals surface area contributed by atoms with Gasteiger partial charge in [0.1, 0.15) is 17.9 Å². The Bertz CT molecular complexity index is 1050. The summed E-state index contributed by atoms with van der Waals surface area (Å²) in [5.41, 5.74) is 3.74. The van der Waals surface area contributed by atoms with E-state index in [0.717, 1.165) is 36.3 Å². The average Bonchev–Trinajstić information content (AvgIpc) is 3.14. The standard InChI is InChI=1S/C28H32N2O3/c1-19-11-16-25(27(31)29-19)30-18-22-17-23(14-15-24(22)28(30)32)33-26-10-6-5-9-21(26)13-12-20-7-3-2-4-8-20/h2-4,7-8,14-15,17,21,25-26H,1,5-6,9-13,16,18H2,(H,29,31)/t21-,25?,26+/m1/s1. The quantitative estimate of drug-likeness (QED) is 0.682. The number of piperidine rings is 1. The normalized spacial score (nSPS) is 25.0. The van der Waals surface area contributed by atoms with Gasteiger partial charge in [-0.15, -0.1) is 0 Å². The Morgan fingerprint density at radius 3 is 2.67 bits per heavy atom. The molecule has 2 heterocycles. The first-order valence-electron chi connectivity index (χ1n) is 12.2. The van der Waals surface area contributed by atoms with Gasteiger partial charge in [0, 0.05) is 17.8 Å². The number of aryl methyl sites for hydroxylation is 1. The van der Waals surface area contributed by atoms with Crippen molar-refractivity contribution in [2.45, 2.75) is 70.1 Å². The molecule has 3 aliphatic rings. The third kappa shape index (κ3) is 4.68. The highest BCUT2D eigenvalue weighted by molar-refractivity contribution is 6.01. The predicted octanol–water partition coefficient (Wildman–Crippen LogP) is 5.01. The van der Waals surface area contributed by atoms with Gasteiger partial charge in [0.25, 0.3) is 5.91 Å². The summed E-state index contributed by atoms with van der Waals surface area (Å²) >= 11 is 0. The van der Waals surface area contributed by atoms with Crippen LogP contribution in [0.5, 0.6) is 5.75 Å². The molecule has 2 fully saturated rings. The monoisotopic (exact) mass is 444 g/mol. The van der Waals surface area contributed by atoms with Crippen LogP contribution in [0.25, 0.3) is 0 Å². The first kappa shape index (κ1) is 21.7. The van der Waals surface area contributed by atoms with E-state index in [9.17, 15) is 9.59 Å². The minimum Gasteiger partial charge on any atom is -0.490 e. The van der Waals surface area contributed by atoms with Crippen molar-refractivity contribution in [1.29, 1.82) is 0 Å². The summed E-state index contributed by atoms with van der Waals surface area (Å²) in [6.45, 7) is 4.29. The number of carbonyl (C=O) groups excluding carboxylic acids is 2. The molecule has 5 rings (SSSR count). The zero-order valence-electron chi connectivity index (χ0n) is 19.1. The van der Waals surface area contributed by atoms with Crippen molar-refractivity contribution in [3.05, 3.63) is 77.5 Å². The zero-order valence-corrected chi connectivity index (χ0v) is 19.1. The molecule has 2 aromatic rings. The summed E-state index contributed by atoms with van der Waals surface area (Å²) < 4.78 is 6.51. The highest BCUT2D eigenvalue weighted by Gasteiger charge is 2.38. The fourth-order valence-corrected chi connectivity index (χ4v) is 5.53. The second-order valence-electron chi connectivity index (χ2n) is 9.62. The number of carbonyl (C=O) groups is 2. The molecule has 2 amide bonds. The van der Waals surface area contributed by atoms with Crippen LogP contribution in [0.2, 0.25) is 0 Å². The number of rotatable bonds is 6. The second kappa shape index (κ2) is 9.42. The summed E-state index contributed by atoms with van der Waals surface area (Å²) in [6, 6.07) is 16.0. The molecular weight excluding hydrogens is 412 g/mol. The van der Waals surface area contributed by atoms with Crippen molar-refractivity contribution in [2.24, 2.45) is 5.92 Å². The number of nitrogens with one attached hydrogen (secondary N) is 1. The summed E-state index contributed by atoms with van der Waals surface area (Å²) in [5, 5.41) is 2.80. The maximum atomic E-state index is 13.0. The van der Waals surface area contributed by atoms with Gasteiger partial charge in [-0.25, -0.2) is 0 Å². The van der Waals surface area contributed by atoms with Gasteiger partial charge in [-0.2, -0.15) is 0 Å². The van der Waals surface area contributed by atoms with E-state index in [1.807, 2.05) is 18.2 Å². The average molecular weight is 445 g/mol. The number of fused-ring (bicyclic) bond motifs is 1. The summed E-state index contributed by atoms with van der Waals surface area (Å²) in [5.74, 6) is 1.18. The maximum absolute atomic E-state index is 13.0. The van der Waals surface area contributed by atoms with Gasteiger partial charge in [-0.05, 0) is 80.2 Å². The van der Waals surface area contributed by atoms with E-state index in [1.165, 1.54) is 24.8 Å². The minimum atomic E-state index is -0.430. The Balaban J connectivity index is 1.25. The molecule has 33 heavy (non-hydrogen) atoms. The second-order valence-corrected chi connectivity index (χ2v) is 9.62. The van der Waals surface area contributed by atoms with Gasteiger partial charge in [0.15, 0.2) is 0 Å². The molecule has 0 aromatic heterocycles. The topological polar surface area (TPSA) is 58.6 Å². The molecular formula is C28H32N2O3. The molecule has 1 saturated heterocycles. The van der Waals surface area contributed by atoms with Crippen molar-refractivity contribution >= 4 is 11.8 Å². The molecule has 0 bridgehead atoms. The SMILES string of the molecule is C=C1CCC(N2Cc3cc(O[C@H]4CCCC[C@@H]4CCc4ccccc4)ccc3C2=O)C(=O)N1. The van der Waals surface area contributed by atoms with E-state index in [1.54, 1.807) is 4.90 Å². The Hall–Kier alpha value is -3.08. The highest BCUT2D eigenvalue weighted by Crippen LogP contribution is 2.34. The molecule has 1 aliphatic carbocycles. The van der Waals surface area contributed by atoms with Crippen LogP contribution >= 0.6 is 0 Å². The Morgan fingerprint density at radius 2 is 1.85 bits per heavy atom. The van der Waals surface area contributed by atoms with Crippen molar-refractivity contribution < 1.29 is 14.3 Å². The lowest BCUT2D eigenvalue weighted by atomic mass is 9.82. The van der Waals surface area contributed by atoms with Gasteiger partial charge < -0.3 is 15.0 Å². The lowest BCUT2D eigenvalue weighted by molar-refractivity contribution is -0.126. The molecule has 0 spiro atoms. The van der Waals surface area contributed by atoms with Crippen molar-refractivity contribution in [3.8, 4) is 5.75 Å². The fourth-order valence-electron chi connectivity index (χ4n) is 5.53. The van der Waals surface area contributed by atoms with E-state index in [0.29, 0.717) is 30.9 Å². The van der Waals surface area contributed by atoms with E-state index >= 15 is 0 Å². The number of nitrogens with zero attached hydrogens (tertiary/aromatic N) is 1. The summed E-state index contributed by atoms with van der Waals surface area (Å²) in [6.07, 6.45) is 8.50. The smallest absolute Gasteiger partial charge is 0.255 e. The first-order valence-corrected chi connectivity index (χ1v) is 12.2. The Morgan fingerprint density at radius 1 is 1.03 bits per heavy atom. The molecule has 3 atom stereocenters.